The summed E-state index contributed by atoms with van der Waals surface area (Å²) < 4.78 is 0. The average molecular weight is 127 g/mol. The molecule has 0 fully saturated rings. The minimum absolute atomic E-state index is 0.266. The highest BCUT2D eigenvalue weighted by Crippen LogP contribution is 2.09. The van der Waals surface area contributed by atoms with Crippen molar-refractivity contribution in [3.8, 4) is 0 Å². The minimum Gasteiger partial charge on any atom is -0.327 e. The Balaban J connectivity index is 3.71. The van der Waals surface area contributed by atoms with Gasteiger partial charge in [0.15, 0.2) is 0 Å². The van der Waals surface area contributed by atoms with E-state index in [0.29, 0.717) is 11.8 Å². The molecule has 0 radical (unpaired) electrons. The Hall–Kier alpha value is -0.300. The van der Waals surface area contributed by atoms with Gasteiger partial charge in [-0.2, -0.15) is 0 Å². The molecule has 0 saturated carbocycles. The van der Waals surface area contributed by atoms with Crippen molar-refractivity contribution in [3.63, 3.8) is 0 Å². The van der Waals surface area contributed by atoms with E-state index < -0.39 is 0 Å². The van der Waals surface area contributed by atoms with Crippen LogP contribution in [0.3, 0.4) is 0 Å². The Morgan fingerprint density at radius 3 is 1.89 bits per heavy atom. The lowest BCUT2D eigenvalue weighted by Gasteiger charge is -2.19. The molecule has 0 aromatic rings. The summed E-state index contributed by atoms with van der Waals surface area (Å²) in [7, 11) is 0. The molecule has 0 aromatic heterocycles. The monoisotopic (exact) mass is 127 g/mol. The van der Waals surface area contributed by atoms with E-state index in [1.165, 1.54) is 0 Å². The van der Waals surface area contributed by atoms with Gasteiger partial charge in [0.25, 0.3) is 0 Å². The maximum absolute atomic E-state index is 5.80. The summed E-state index contributed by atoms with van der Waals surface area (Å²) in [6.45, 7) is 10.0. The van der Waals surface area contributed by atoms with Crippen molar-refractivity contribution < 1.29 is 0 Å². The Labute approximate surface area is 57.9 Å². The van der Waals surface area contributed by atoms with E-state index in [1.807, 2.05) is 6.08 Å². The fourth-order valence-electron chi connectivity index (χ4n) is 0.764. The molecule has 54 valence electrons. The largest absolute Gasteiger partial charge is 0.327 e. The fraction of sp³-hybridized carbons (Fsp3) is 0.750. The Bertz CT molecular complexity index is 86.6. The van der Waals surface area contributed by atoms with Crippen molar-refractivity contribution in [1.82, 2.24) is 0 Å². The Morgan fingerprint density at radius 1 is 1.33 bits per heavy atom. The van der Waals surface area contributed by atoms with Gasteiger partial charge in [-0.1, -0.05) is 26.8 Å². The van der Waals surface area contributed by atoms with E-state index in [1.54, 1.807) is 0 Å². The van der Waals surface area contributed by atoms with Crippen LogP contribution in [0.2, 0.25) is 0 Å². The van der Waals surface area contributed by atoms with Gasteiger partial charge in [-0.15, -0.1) is 6.58 Å². The highest BCUT2D eigenvalue weighted by molar-refractivity contribution is 4.84. The molecule has 0 aromatic carbocycles. The van der Waals surface area contributed by atoms with Gasteiger partial charge < -0.3 is 5.73 Å². The van der Waals surface area contributed by atoms with E-state index in [-0.39, 0.29) is 6.04 Å². The molecule has 0 rings (SSSR count). The predicted molar refractivity (Wildman–Crippen MR) is 42.2 cm³/mol. The number of hydrogen-bond acceptors (Lipinski definition) is 1. The number of hydrogen-bond donors (Lipinski definition) is 1. The summed E-state index contributed by atoms with van der Waals surface area (Å²) in [6, 6.07) is 0.266. The molecule has 0 aliphatic carbocycles. The van der Waals surface area contributed by atoms with E-state index in [0.717, 1.165) is 0 Å². The summed E-state index contributed by atoms with van der Waals surface area (Å²) in [5.41, 5.74) is 5.80. The van der Waals surface area contributed by atoms with Crippen LogP contribution in [-0.4, -0.2) is 6.04 Å². The first-order valence-electron chi connectivity index (χ1n) is 3.47. The van der Waals surface area contributed by atoms with Crippen molar-refractivity contribution in [2.45, 2.75) is 26.8 Å². The van der Waals surface area contributed by atoms with Gasteiger partial charge in [-0.05, 0) is 11.8 Å². The van der Waals surface area contributed by atoms with E-state index in [4.69, 9.17) is 5.73 Å². The summed E-state index contributed by atoms with van der Waals surface area (Å²) in [4.78, 5) is 0. The smallest absolute Gasteiger partial charge is 0.0122 e. The zero-order valence-electron chi connectivity index (χ0n) is 6.59. The number of nitrogens with two attached hydrogens (primary N) is 1. The lowest BCUT2D eigenvalue weighted by Crippen LogP contribution is -2.32. The van der Waals surface area contributed by atoms with Gasteiger partial charge in [-0.3, -0.25) is 0 Å². The fourth-order valence-corrected chi connectivity index (χ4v) is 0.764. The van der Waals surface area contributed by atoms with Crippen LogP contribution in [0.25, 0.3) is 0 Å². The average Bonchev–Trinajstić information content (AvgIpc) is 1.84. The molecule has 0 bridgehead atoms. The summed E-state index contributed by atoms with van der Waals surface area (Å²) in [5.74, 6) is 0.989. The molecule has 1 heteroatoms. The van der Waals surface area contributed by atoms with Crippen LogP contribution >= 0.6 is 0 Å². The first-order valence-corrected chi connectivity index (χ1v) is 3.47. The van der Waals surface area contributed by atoms with Crippen LogP contribution < -0.4 is 5.73 Å². The topological polar surface area (TPSA) is 26.0 Å². The Morgan fingerprint density at radius 2 is 1.78 bits per heavy atom. The second-order valence-electron chi connectivity index (χ2n) is 2.92. The van der Waals surface area contributed by atoms with Crippen LogP contribution in [0, 0.1) is 11.8 Å². The summed E-state index contributed by atoms with van der Waals surface area (Å²) >= 11 is 0. The minimum atomic E-state index is 0.266. The summed E-state index contributed by atoms with van der Waals surface area (Å²) in [6.07, 6.45) is 1.91. The summed E-state index contributed by atoms with van der Waals surface area (Å²) in [5, 5.41) is 0. The van der Waals surface area contributed by atoms with Gasteiger partial charge in [0.2, 0.25) is 0 Å². The van der Waals surface area contributed by atoms with Gasteiger partial charge >= 0.3 is 0 Å². The van der Waals surface area contributed by atoms with Crippen molar-refractivity contribution in [3.05, 3.63) is 12.7 Å². The molecule has 1 nitrogen and oxygen atoms in total. The van der Waals surface area contributed by atoms with Crippen molar-refractivity contribution >= 4 is 0 Å². The zero-order valence-corrected chi connectivity index (χ0v) is 6.59. The molecular formula is C8H17N. The first kappa shape index (κ1) is 8.70. The van der Waals surface area contributed by atoms with E-state index in [2.05, 4.69) is 27.4 Å². The molecule has 0 amide bonds. The third-order valence-electron chi connectivity index (χ3n) is 1.75. The SMILES string of the molecule is C=C[C@@H](C)[C@H](N)C(C)C. The first-order chi connectivity index (χ1) is 4.09. The molecule has 9 heavy (non-hydrogen) atoms. The van der Waals surface area contributed by atoms with Crippen LogP contribution in [0.5, 0.6) is 0 Å². The molecule has 0 saturated heterocycles. The van der Waals surface area contributed by atoms with Gasteiger partial charge in [0, 0.05) is 6.04 Å². The standard InChI is InChI=1S/C8H17N/c1-5-7(4)8(9)6(2)3/h5-8H,1,9H2,2-4H3/t7-,8-/m1/s1. The predicted octanol–water partition coefficient (Wildman–Crippen LogP) is 1.79. The molecule has 0 spiro atoms. The normalized spacial score (nSPS) is 17.4. The van der Waals surface area contributed by atoms with E-state index in [9.17, 15) is 0 Å². The molecule has 2 N–H and O–H groups in total. The lowest BCUT2D eigenvalue weighted by atomic mass is 9.93. The maximum atomic E-state index is 5.80. The molecule has 2 atom stereocenters. The lowest BCUT2D eigenvalue weighted by molar-refractivity contribution is 0.415. The quantitative estimate of drug-likeness (QED) is 0.575. The van der Waals surface area contributed by atoms with Crippen LogP contribution in [0.1, 0.15) is 20.8 Å². The molecular weight excluding hydrogens is 110 g/mol. The molecule has 0 heterocycles. The van der Waals surface area contributed by atoms with Gasteiger partial charge in [0.1, 0.15) is 0 Å². The third-order valence-corrected chi connectivity index (χ3v) is 1.75. The molecule has 0 aliphatic heterocycles. The number of rotatable bonds is 3. The van der Waals surface area contributed by atoms with E-state index >= 15 is 0 Å². The highest BCUT2D eigenvalue weighted by Gasteiger charge is 2.11. The van der Waals surface area contributed by atoms with Gasteiger partial charge in [-0.25, -0.2) is 0 Å². The Kier molecular flexibility index (Phi) is 3.55. The van der Waals surface area contributed by atoms with Crippen LogP contribution in [-0.2, 0) is 0 Å². The zero-order chi connectivity index (χ0) is 7.44. The molecule has 0 aliphatic rings. The maximum Gasteiger partial charge on any atom is 0.0122 e. The van der Waals surface area contributed by atoms with Crippen molar-refractivity contribution in [1.29, 1.82) is 0 Å². The van der Waals surface area contributed by atoms with Crippen LogP contribution in [0.15, 0.2) is 12.7 Å². The van der Waals surface area contributed by atoms with Gasteiger partial charge in [0.05, 0.1) is 0 Å². The molecule has 0 unspecified atom stereocenters. The second kappa shape index (κ2) is 3.67. The van der Waals surface area contributed by atoms with Crippen molar-refractivity contribution in [2.75, 3.05) is 0 Å². The van der Waals surface area contributed by atoms with Crippen molar-refractivity contribution in [2.24, 2.45) is 17.6 Å². The van der Waals surface area contributed by atoms with Crippen LogP contribution in [0.4, 0.5) is 0 Å². The highest BCUT2D eigenvalue weighted by atomic mass is 14.6. The third kappa shape index (κ3) is 2.66. The second-order valence-corrected chi connectivity index (χ2v) is 2.92.